The molecular weight excluding hydrogens is 228 g/mol. The molecule has 0 saturated heterocycles. The standard InChI is InChI=1S/C10H14N2O3S/c1-6(2)15-9(13)5-16-8-4-7(3)11-10(14)12-8/h4,6H,5H2,1-3H3,(H,11,12,14). The highest BCUT2D eigenvalue weighted by Gasteiger charge is 2.07. The van der Waals surface area contributed by atoms with Crippen molar-refractivity contribution in [2.45, 2.75) is 31.9 Å². The number of nitrogens with one attached hydrogen (secondary N) is 1. The first kappa shape index (κ1) is 12.8. The molecule has 5 nitrogen and oxygen atoms in total. The highest BCUT2D eigenvalue weighted by atomic mass is 32.2. The van der Waals surface area contributed by atoms with Crippen molar-refractivity contribution in [1.82, 2.24) is 9.97 Å². The molecule has 16 heavy (non-hydrogen) atoms. The number of thioether (sulfide) groups is 1. The quantitative estimate of drug-likeness (QED) is 0.486. The van der Waals surface area contributed by atoms with Gasteiger partial charge in [-0.25, -0.2) is 4.79 Å². The molecular formula is C10H14N2O3S. The van der Waals surface area contributed by atoms with Gasteiger partial charge < -0.3 is 9.72 Å². The molecule has 6 heteroatoms. The van der Waals surface area contributed by atoms with Gasteiger partial charge in [-0.15, -0.1) is 0 Å². The van der Waals surface area contributed by atoms with Crippen LogP contribution < -0.4 is 5.69 Å². The first-order valence-corrected chi connectivity index (χ1v) is 5.86. The van der Waals surface area contributed by atoms with Crippen LogP contribution in [0.15, 0.2) is 15.9 Å². The van der Waals surface area contributed by atoms with Crippen LogP contribution in [0.25, 0.3) is 0 Å². The van der Waals surface area contributed by atoms with Crippen LogP contribution in [0.2, 0.25) is 0 Å². The largest absolute Gasteiger partial charge is 0.462 e. The normalized spacial score (nSPS) is 10.5. The summed E-state index contributed by atoms with van der Waals surface area (Å²) < 4.78 is 4.96. The zero-order chi connectivity index (χ0) is 12.1. The van der Waals surface area contributed by atoms with Crippen LogP contribution in [-0.2, 0) is 9.53 Å². The van der Waals surface area contributed by atoms with E-state index in [4.69, 9.17) is 4.74 Å². The number of esters is 1. The van der Waals surface area contributed by atoms with E-state index in [-0.39, 0.29) is 17.8 Å². The van der Waals surface area contributed by atoms with Gasteiger partial charge in [-0.05, 0) is 26.8 Å². The monoisotopic (exact) mass is 242 g/mol. The van der Waals surface area contributed by atoms with E-state index >= 15 is 0 Å². The number of rotatable bonds is 4. The number of H-pyrrole nitrogens is 1. The van der Waals surface area contributed by atoms with Gasteiger partial charge in [-0.2, -0.15) is 4.98 Å². The van der Waals surface area contributed by atoms with Crippen LogP contribution in [0.4, 0.5) is 0 Å². The van der Waals surface area contributed by atoms with Crippen LogP contribution in [-0.4, -0.2) is 27.8 Å². The fraction of sp³-hybridized carbons (Fsp3) is 0.500. The second kappa shape index (κ2) is 5.69. The van der Waals surface area contributed by atoms with Gasteiger partial charge in [0.1, 0.15) is 5.03 Å². The fourth-order valence-electron chi connectivity index (χ4n) is 1.05. The third kappa shape index (κ3) is 4.48. The van der Waals surface area contributed by atoms with Crippen LogP contribution in [0.1, 0.15) is 19.5 Å². The van der Waals surface area contributed by atoms with Crippen molar-refractivity contribution in [2.24, 2.45) is 0 Å². The predicted octanol–water partition coefficient (Wildman–Crippen LogP) is 1.12. The van der Waals surface area contributed by atoms with Gasteiger partial charge >= 0.3 is 11.7 Å². The van der Waals surface area contributed by atoms with Crippen molar-refractivity contribution in [3.8, 4) is 0 Å². The van der Waals surface area contributed by atoms with Gasteiger partial charge in [0.15, 0.2) is 0 Å². The zero-order valence-electron chi connectivity index (χ0n) is 9.44. The SMILES string of the molecule is Cc1cc(SCC(=O)OC(C)C)nc(=O)[nH]1. The van der Waals surface area contributed by atoms with Gasteiger partial charge in [-0.3, -0.25) is 4.79 Å². The van der Waals surface area contributed by atoms with Crippen molar-refractivity contribution < 1.29 is 9.53 Å². The number of nitrogens with zero attached hydrogens (tertiary/aromatic N) is 1. The van der Waals surface area contributed by atoms with Crippen molar-refractivity contribution in [3.05, 3.63) is 22.2 Å². The summed E-state index contributed by atoms with van der Waals surface area (Å²) in [4.78, 5) is 28.5. The Hall–Kier alpha value is -1.30. The molecule has 0 spiro atoms. The molecule has 88 valence electrons. The molecule has 1 aromatic heterocycles. The molecule has 0 aliphatic heterocycles. The second-order valence-corrected chi connectivity index (χ2v) is 4.53. The summed E-state index contributed by atoms with van der Waals surface area (Å²) in [6, 6.07) is 1.72. The maximum atomic E-state index is 11.2. The highest BCUT2D eigenvalue weighted by Crippen LogP contribution is 2.14. The number of aromatic amines is 1. The van der Waals surface area contributed by atoms with Crippen LogP contribution in [0.5, 0.6) is 0 Å². The van der Waals surface area contributed by atoms with Crippen LogP contribution in [0, 0.1) is 6.92 Å². The molecule has 1 N–H and O–H groups in total. The van der Waals surface area contributed by atoms with Crippen molar-refractivity contribution in [1.29, 1.82) is 0 Å². The Morgan fingerprint density at radius 1 is 1.62 bits per heavy atom. The van der Waals surface area contributed by atoms with E-state index in [1.165, 1.54) is 11.8 Å². The molecule has 0 saturated carbocycles. The second-order valence-electron chi connectivity index (χ2n) is 3.53. The van der Waals surface area contributed by atoms with Crippen molar-refractivity contribution in [2.75, 3.05) is 5.75 Å². The molecule has 0 amide bonds. The molecule has 0 unspecified atom stereocenters. The number of ether oxygens (including phenoxy) is 1. The van der Waals surface area contributed by atoms with Gasteiger partial charge in [0, 0.05) is 5.69 Å². The zero-order valence-corrected chi connectivity index (χ0v) is 10.3. The maximum absolute atomic E-state index is 11.2. The number of hydrogen-bond donors (Lipinski definition) is 1. The Morgan fingerprint density at radius 2 is 2.31 bits per heavy atom. The highest BCUT2D eigenvalue weighted by molar-refractivity contribution is 7.99. The van der Waals surface area contributed by atoms with Crippen LogP contribution in [0.3, 0.4) is 0 Å². The Bertz CT molecular complexity index is 428. The summed E-state index contributed by atoms with van der Waals surface area (Å²) >= 11 is 1.19. The average Bonchev–Trinajstić information content (AvgIpc) is 2.12. The number of aryl methyl sites for hydroxylation is 1. The maximum Gasteiger partial charge on any atom is 0.346 e. The van der Waals surface area contributed by atoms with Crippen molar-refractivity contribution >= 4 is 17.7 Å². The fourth-order valence-corrected chi connectivity index (χ4v) is 1.80. The van der Waals surface area contributed by atoms with Gasteiger partial charge in [0.05, 0.1) is 11.9 Å². The average molecular weight is 242 g/mol. The Labute approximate surface area is 97.6 Å². The summed E-state index contributed by atoms with van der Waals surface area (Å²) in [5, 5.41) is 0.530. The summed E-state index contributed by atoms with van der Waals surface area (Å²) in [7, 11) is 0. The minimum Gasteiger partial charge on any atom is -0.462 e. The molecule has 0 bridgehead atoms. The third-order valence-corrected chi connectivity index (χ3v) is 2.45. The van der Waals surface area contributed by atoms with E-state index in [1.807, 2.05) is 0 Å². The Kier molecular flexibility index (Phi) is 4.54. The van der Waals surface area contributed by atoms with Crippen molar-refractivity contribution in [3.63, 3.8) is 0 Å². The number of carbonyl (C=O) groups excluding carboxylic acids is 1. The predicted molar refractivity (Wildman–Crippen MR) is 61.5 cm³/mol. The van der Waals surface area contributed by atoms with Crippen LogP contribution >= 0.6 is 11.8 Å². The molecule has 0 aliphatic rings. The lowest BCUT2D eigenvalue weighted by atomic mass is 10.5. The first-order valence-electron chi connectivity index (χ1n) is 4.87. The van der Waals surface area contributed by atoms with E-state index in [2.05, 4.69) is 9.97 Å². The number of carbonyl (C=O) groups is 1. The Morgan fingerprint density at radius 3 is 2.88 bits per heavy atom. The molecule has 0 aromatic carbocycles. The molecule has 1 rings (SSSR count). The van der Waals surface area contributed by atoms with E-state index in [1.54, 1.807) is 26.8 Å². The molecule has 0 radical (unpaired) electrons. The minimum absolute atomic E-state index is 0.123. The van der Waals surface area contributed by atoms with Gasteiger partial charge in [0.2, 0.25) is 0 Å². The van der Waals surface area contributed by atoms with E-state index in [0.717, 1.165) is 5.69 Å². The minimum atomic E-state index is -0.403. The lowest BCUT2D eigenvalue weighted by Crippen LogP contribution is -2.15. The number of hydrogen-bond acceptors (Lipinski definition) is 5. The smallest absolute Gasteiger partial charge is 0.346 e. The summed E-state index contributed by atoms with van der Waals surface area (Å²) in [6.07, 6.45) is -0.123. The number of aromatic nitrogens is 2. The Balaban J connectivity index is 2.54. The molecule has 0 fully saturated rings. The molecule has 1 aromatic rings. The summed E-state index contributed by atoms with van der Waals surface area (Å²) in [6.45, 7) is 5.34. The topological polar surface area (TPSA) is 72.0 Å². The summed E-state index contributed by atoms with van der Waals surface area (Å²) in [5.74, 6) is -0.145. The van der Waals surface area contributed by atoms with E-state index in [9.17, 15) is 9.59 Å². The van der Waals surface area contributed by atoms with E-state index < -0.39 is 5.69 Å². The van der Waals surface area contributed by atoms with Gasteiger partial charge in [0.25, 0.3) is 0 Å². The molecule has 1 heterocycles. The molecule has 0 atom stereocenters. The third-order valence-electron chi connectivity index (χ3n) is 1.56. The lowest BCUT2D eigenvalue weighted by Gasteiger charge is -2.06. The van der Waals surface area contributed by atoms with Gasteiger partial charge in [-0.1, -0.05) is 11.8 Å². The summed E-state index contributed by atoms with van der Waals surface area (Å²) in [5.41, 5.74) is 0.319. The first-order chi connectivity index (χ1) is 7.47. The molecule has 0 aliphatic carbocycles. The van der Waals surface area contributed by atoms with E-state index in [0.29, 0.717) is 5.03 Å². The lowest BCUT2D eigenvalue weighted by molar-refractivity contribution is -0.144.